The molecule has 0 saturated carbocycles. The molecule has 2 rings (SSSR count). The molecule has 1 nitrogen and oxygen atoms in total. The average molecular weight is 458 g/mol. The van der Waals surface area contributed by atoms with E-state index in [9.17, 15) is 39.5 Å². The van der Waals surface area contributed by atoms with E-state index in [-0.39, 0.29) is 0 Å². The Hall–Kier alpha value is -1.66. The molecule has 0 unspecified atom stereocenters. The van der Waals surface area contributed by atoms with Gasteiger partial charge in [0, 0.05) is 0 Å². The molecule has 0 heterocycles. The van der Waals surface area contributed by atoms with Gasteiger partial charge in [-0.25, -0.2) is 22.0 Å². The second-order valence-corrected chi connectivity index (χ2v) is 4.98. The van der Waals surface area contributed by atoms with Crippen molar-refractivity contribution in [3.05, 3.63) is 55.9 Å². The summed E-state index contributed by atoms with van der Waals surface area (Å²) in [6.45, 7) is 0. The summed E-state index contributed by atoms with van der Waals surface area (Å²) < 4.78 is 122. The maximum atomic E-state index is 13.5. The number of hydrogen-bond donors (Lipinski definition) is 0. The molecule has 2 aromatic carbocycles. The van der Waals surface area contributed by atoms with E-state index in [0.29, 0.717) is 0 Å². The van der Waals surface area contributed by atoms with E-state index in [0.717, 1.165) is 22.6 Å². The van der Waals surface area contributed by atoms with Crippen molar-refractivity contribution in [3.63, 3.8) is 0 Å². The first-order valence-corrected chi connectivity index (χ1v) is 6.38. The molecule has 2 aromatic rings. The summed E-state index contributed by atoms with van der Waals surface area (Å²) in [7, 11) is 0. The Morgan fingerprint density at radius 3 is 1.04 bits per heavy atom. The molecular formula is C12F9IO. The van der Waals surface area contributed by atoms with Crippen LogP contribution in [0.2, 0.25) is 0 Å². The fourth-order valence-corrected chi connectivity index (χ4v) is 1.92. The van der Waals surface area contributed by atoms with Gasteiger partial charge in [-0.1, -0.05) is 0 Å². The van der Waals surface area contributed by atoms with Crippen molar-refractivity contribution in [1.29, 1.82) is 0 Å². The molecule has 0 bridgehead atoms. The van der Waals surface area contributed by atoms with Crippen LogP contribution in [-0.4, -0.2) is 0 Å². The maximum Gasteiger partial charge on any atom is 0.207 e. The summed E-state index contributed by atoms with van der Waals surface area (Å²) in [5.41, 5.74) is 0. The summed E-state index contributed by atoms with van der Waals surface area (Å²) in [6.07, 6.45) is 0. The lowest BCUT2D eigenvalue weighted by atomic mass is 10.2. The second kappa shape index (κ2) is 6.09. The van der Waals surface area contributed by atoms with Crippen molar-refractivity contribution in [2.24, 2.45) is 0 Å². The van der Waals surface area contributed by atoms with Gasteiger partial charge in [0.1, 0.15) is 0 Å². The molecular weight excluding hydrogens is 458 g/mol. The smallest absolute Gasteiger partial charge is 0.207 e. The zero-order chi connectivity index (χ0) is 17.6. The van der Waals surface area contributed by atoms with Crippen LogP contribution in [0.4, 0.5) is 39.5 Å². The Balaban J connectivity index is 2.71. The van der Waals surface area contributed by atoms with Crippen LogP contribution in [0.3, 0.4) is 0 Å². The van der Waals surface area contributed by atoms with E-state index in [2.05, 4.69) is 4.74 Å². The maximum absolute atomic E-state index is 13.5. The van der Waals surface area contributed by atoms with E-state index >= 15 is 0 Å². The predicted octanol–water partition coefficient (Wildman–Crippen LogP) is 5.34. The topological polar surface area (TPSA) is 9.23 Å². The van der Waals surface area contributed by atoms with Crippen molar-refractivity contribution in [2.45, 2.75) is 0 Å². The van der Waals surface area contributed by atoms with Crippen LogP contribution in [0.1, 0.15) is 0 Å². The quantitative estimate of drug-likeness (QED) is 0.256. The summed E-state index contributed by atoms with van der Waals surface area (Å²) >= 11 is 0.893. The highest BCUT2D eigenvalue weighted by Crippen LogP contribution is 2.37. The summed E-state index contributed by atoms with van der Waals surface area (Å²) in [4.78, 5) is 0. The largest absolute Gasteiger partial charge is 0.444 e. The van der Waals surface area contributed by atoms with Crippen molar-refractivity contribution < 1.29 is 44.3 Å². The summed E-state index contributed by atoms with van der Waals surface area (Å²) in [5.74, 6) is -25.1. The van der Waals surface area contributed by atoms with E-state index in [1.807, 2.05) is 0 Å². The fraction of sp³-hybridized carbons (Fsp3) is 0. The summed E-state index contributed by atoms with van der Waals surface area (Å²) in [5, 5.41) is 0. The lowest BCUT2D eigenvalue weighted by Crippen LogP contribution is -2.08. The molecule has 124 valence electrons. The van der Waals surface area contributed by atoms with Gasteiger partial charge >= 0.3 is 0 Å². The van der Waals surface area contributed by atoms with Crippen molar-refractivity contribution >= 4 is 22.6 Å². The molecule has 0 aromatic heterocycles. The van der Waals surface area contributed by atoms with E-state index < -0.39 is 67.4 Å². The Labute approximate surface area is 134 Å². The van der Waals surface area contributed by atoms with Gasteiger partial charge in [-0.3, -0.25) is 0 Å². The van der Waals surface area contributed by atoms with Gasteiger partial charge in [-0.2, -0.15) is 17.6 Å². The summed E-state index contributed by atoms with van der Waals surface area (Å²) in [6, 6.07) is 0. The SMILES string of the molecule is Fc1c(F)c(F)c(Oc2c(F)c(F)c(I)c(F)c2F)c(F)c1F. The number of hydrogen-bond acceptors (Lipinski definition) is 1. The number of rotatable bonds is 2. The fourth-order valence-electron chi connectivity index (χ4n) is 1.45. The molecule has 23 heavy (non-hydrogen) atoms. The minimum atomic E-state index is -2.55. The standard InChI is InChI=1S/C12F9IO/c13-1-2(14)6(18)11(7(19)3(1)15)23-12-8(20)4(16)10(22)5(17)9(12)21. The lowest BCUT2D eigenvalue weighted by molar-refractivity contribution is 0.307. The number of halogens is 10. The van der Waals surface area contributed by atoms with Crippen LogP contribution in [0.15, 0.2) is 0 Å². The number of benzene rings is 2. The average Bonchev–Trinajstić information content (AvgIpc) is 2.54. The van der Waals surface area contributed by atoms with Gasteiger partial charge in [0.05, 0.1) is 3.57 Å². The van der Waals surface area contributed by atoms with Gasteiger partial charge in [0.2, 0.25) is 52.2 Å². The Kier molecular flexibility index (Phi) is 4.69. The first kappa shape index (κ1) is 17.7. The minimum absolute atomic E-state index is 0.893. The molecule has 0 aliphatic heterocycles. The zero-order valence-corrected chi connectivity index (χ0v) is 12.3. The van der Waals surface area contributed by atoms with Crippen LogP contribution in [0.25, 0.3) is 0 Å². The number of ether oxygens (including phenoxy) is 1. The molecule has 0 N–H and O–H groups in total. The molecule has 0 amide bonds. The van der Waals surface area contributed by atoms with Crippen LogP contribution < -0.4 is 4.74 Å². The molecule has 0 radical (unpaired) electrons. The van der Waals surface area contributed by atoms with Crippen molar-refractivity contribution in [1.82, 2.24) is 0 Å². The molecule has 0 saturated heterocycles. The first-order chi connectivity index (χ1) is 10.6. The van der Waals surface area contributed by atoms with Crippen molar-refractivity contribution in [2.75, 3.05) is 0 Å². The van der Waals surface area contributed by atoms with Crippen LogP contribution >= 0.6 is 22.6 Å². The van der Waals surface area contributed by atoms with E-state index in [1.54, 1.807) is 0 Å². The third-order valence-electron chi connectivity index (χ3n) is 2.54. The van der Waals surface area contributed by atoms with E-state index in [4.69, 9.17) is 0 Å². The second-order valence-electron chi connectivity index (χ2n) is 3.90. The van der Waals surface area contributed by atoms with Gasteiger partial charge in [0.15, 0.2) is 11.6 Å². The lowest BCUT2D eigenvalue weighted by Gasteiger charge is -2.12. The minimum Gasteiger partial charge on any atom is -0.444 e. The van der Waals surface area contributed by atoms with Crippen LogP contribution in [-0.2, 0) is 0 Å². The van der Waals surface area contributed by atoms with Gasteiger partial charge in [-0.05, 0) is 22.6 Å². The van der Waals surface area contributed by atoms with Gasteiger partial charge in [0.25, 0.3) is 0 Å². The van der Waals surface area contributed by atoms with Gasteiger partial charge < -0.3 is 4.74 Å². The van der Waals surface area contributed by atoms with E-state index in [1.165, 1.54) is 0 Å². The highest BCUT2D eigenvalue weighted by Gasteiger charge is 2.31. The predicted molar refractivity (Wildman–Crippen MR) is 65.3 cm³/mol. The highest BCUT2D eigenvalue weighted by molar-refractivity contribution is 14.1. The highest BCUT2D eigenvalue weighted by atomic mass is 127. The van der Waals surface area contributed by atoms with Crippen LogP contribution in [0, 0.1) is 55.9 Å². The third-order valence-corrected chi connectivity index (χ3v) is 3.49. The van der Waals surface area contributed by atoms with Crippen LogP contribution in [0.5, 0.6) is 11.5 Å². The molecule has 0 aliphatic carbocycles. The third kappa shape index (κ3) is 2.70. The molecule has 0 aliphatic rings. The monoisotopic (exact) mass is 458 g/mol. The molecule has 11 heteroatoms. The Morgan fingerprint density at radius 2 is 0.696 bits per heavy atom. The normalized spacial score (nSPS) is 11.0. The Morgan fingerprint density at radius 1 is 0.435 bits per heavy atom. The molecule has 0 atom stereocenters. The van der Waals surface area contributed by atoms with Crippen molar-refractivity contribution in [3.8, 4) is 11.5 Å². The zero-order valence-electron chi connectivity index (χ0n) is 10.2. The Bertz CT molecular complexity index is 696. The molecule has 0 spiro atoms. The molecule has 0 fully saturated rings. The van der Waals surface area contributed by atoms with Gasteiger partial charge in [-0.15, -0.1) is 0 Å². The first-order valence-electron chi connectivity index (χ1n) is 5.30.